The number of aryl methyl sites for hydroxylation is 1. The van der Waals surface area contributed by atoms with Crippen molar-refractivity contribution in [2.45, 2.75) is 26.1 Å². The van der Waals surface area contributed by atoms with E-state index in [0.29, 0.717) is 23.3 Å². The van der Waals surface area contributed by atoms with E-state index in [1.54, 1.807) is 0 Å². The topological polar surface area (TPSA) is 101 Å². The fraction of sp³-hybridized carbons (Fsp3) is 0.286. The molecule has 0 amide bonds. The minimum atomic E-state index is -0.416. The predicted octanol–water partition coefficient (Wildman–Crippen LogP) is 2.78. The third-order valence-corrected chi connectivity index (χ3v) is 2.77. The van der Waals surface area contributed by atoms with Gasteiger partial charge in [0.2, 0.25) is 10.9 Å². The SMILES string of the molecule is C.CCc1cc(=O)c(O)co1.O=c1cc(CBr)occ1O. The third-order valence-electron chi connectivity index (χ3n) is 2.21. The van der Waals surface area contributed by atoms with E-state index in [-0.39, 0.29) is 24.4 Å². The number of hydrogen-bond acceptors (Lipinski definition) is 6. The first-order valence-electron chi connectivity index (χ1n) is 5.65. The predicted molar refractivity (Wildman–Crippen MR) is 82.0 cm³/mol. The van der Waals surface area contributed by atoms with E-state index in [4.69, 9.17) is 19.0 Å². The van der Waals surface area contributed by atoms with Gasteiger partial charge in [-0.1, -0.05) is 30.3 Å². The van der Waals surface area contributed by atoms with Crippen molar-refractivity contribution in [1.29, 1.82) is 0 Å². The number of hydrogen-bond donors (Lipinski definition) is 2. The highest BCUT2D eigenvalue weighted by Gasteiger charge is 1.98. The highest BCUT2D eigenvalue weighted by molar-refractivity contribution is 9.08. The van der Waals surface area contributed by atoms with Gasteiger partial charge < -0.3 is 19.0 Å². The van der Waals surface area contributed by atoms with Crippen LogP contribution < -0.4 is 10.9 Å². The Hall–Kier alpha value is -2.02. The maximum Gasteiger partial charge on any atom is 0.226 e. The quantitative estimate of drug-likeness (QED) is 0.798. The lowest BCUT2D eigenvalue weighted by atomic mass is 10.3. The van der Waals surface area contributed by atoms with Crippen molar-refractivity contribution < 1.29 is 19.0 Å². The zero-order chi connectivity index (χ0) is 15.1. The second kappa shape index (κ2) is 9.02. The van der Waals surface area contributed by atoms with Gasteiger partial charge in [0.1, 0.15) is 24.0 Å². The summed E-state index contributed by atoms with van der Waals surface area (Å²) < 4.78 is 9.63. The molecule has 6 nitrogen and oxygen atoms in total. The van der Waals surface area contributed by atoms with Gasteiger partial charge >= 0.3 is 0 Å². The zero-order valence-electron chi connectivity index (χ0n) is 10.6. The molecular weight excluding hydrogens is 344 g/mol. The minimum Gasteiger partial charge on any atom is -0.502 e. The van der Waals surface area contributed by atoms with Crippen molar-refractivity contribution in [2.75, 3.05) is 0 Å². The van der Waals surface area contributed by atoms with Gasteiger partial charge in [-0.25, -0.2) is 0 Å². The number of alkyl halides is 1. The van der Waals surface area contributed by atoms with E-state index in [9.17, 15) is 9.59 Å². The molecule has 2 aromatic heterocycles. The first-order chi connectivity index (χ1) is 9.47. The van der Waals surface area contributed by atoms with Crippen LogP contribution in [0.2, 0.25) is 0 Å². The molecule has 0 radical (unpaired) electrons. The molecule has 2 heterocycles. The lowest BCUT2D eigenvalue weighted by Gasteiger charge is -1.92. The van der Waals surface area contributed by atoms with Crippen LogP contribution in [0.4, 0.5) is 0 Å². The fourth-order valence-electron chi connectivity index (χ4n) is 1.14. The Morgan fingerprint density at radius 1 is 1.00 bits per heavy atom. The summed E-state index contributed by atoms with van der Waals surface area (Å²) in [6, 6.07) is 2.53. The highest BCUT2D eigenvalue weighted by atomic mass is 79.9. The van der Waals surface area contributed by atoms with Crippen molar-refractivity contribution in [1.82, 2.24) is 0 Å². The molecule has 0 saturated carbocycles. The Morgan fingerprint density at radius 3 is 1.81 bits per heavy atom. The van der Waals surface area contributed by atoms with Crippen molar-refractivity contribution >= 4 is 15.9 Å². The first kappa shape index (κ1) is 19.0. The van der Waals surface area contributed by atoms with Gasteiger partial charge in [-0.15, -0.1) is 0 Å². The lowest BCUT2D eigenvalue weighted by molar-refractivity contribution is 0.415. The average Bonchev–Trinajstić information content (AvgIpc) is 2.45. The van der Waals surface area contributed by atoms with Crippen LogP contribution in [0.15, 0.2) is 43.1 Å². The molecule has 21 heavy (non-hydrogen) atoms. The molecule has 0 aromatic carbocycles. The first-order valence-corrected chi connectivity index (χ1v) is 6.77. The number of rotatable bonds is 2. The summed E-state index contributed by atoms with van der Waals surface area (Å²) in [6.07, 6.45) is 2.75. The molecule has 0 spiro atoms. The summed E-state index contributed by atoms with van der Waals surface area (Å²) >= 11 is 3.10. The van der Waals surface area contributed by atoms with Gasteiger partial charge in [-0.05, 0) is 0 Å². The average molecular weight is 361 g/mol. The Bertz CT molecular complexity index is 614. The summed E-state index contributed by atoms with van der Waals surface area (Å²) in [7, 11) is 0. The maximum atomic E-state index is 10.7. The van der Waals surface area contributed by atoms with Crippen molar-refractivity contribution in [3.63, 3.8) is 0 Å². The van der Waals surface area contributed by atoms with Crippen LogP contribution in [-0.2, 0) is 11.8 Å². The maximum absolute atomic E-state index is 10.7. The molecule has 0 bridgehead atoms. The second-order valence-electron chi connectivity index (χ2n) is 3.68. The third kappa shape index (κ3) is 5.86. The summed E-state index contributed by atoms with van der Waals surface area (Å²) in [6.45, 7) is 1.87. The van der Waals surface area contributed by atoms with E-state index in [0.717, 1.165) is 12.5 Å². The molecular formula is C14H17BrO6. The zero-order valence-corrected chi connectivity index (χ0v) is 12.2. The van der Waals surface area contributed by atoms with E-state index >= 15 is 0 Å². The van der Waals surface area contributed by atoms with Crippen LogP contribution >= 0.6 is 15.9 Å². The van der Waals surface area contributed by atoms with Gasteiger partial charge in [-0.2, -0.15) is 0 Å². The van der Waals surface area contributed by atoms with Crippen molar-refractivity contribution in [3.05, 3.63) is 56.6 Å². The normalized spacial score (nSPS) is 9.24. The lowest BCUT2D eigenvalue weighted by Crippen LogP contribution is -1.98. The van der Waals surface area contributed by atoms with E-state index in [1.165, 1.54) is 12.1 Å². The Morgan fingerprint density at radius 2 is 1.43 bits per heavy atom. The highest BCUT2D eigenvalue weighted by Crippen LogP contribution is 2.06. The molecule has 0 unspecified atom stereocenters. The molecule has 2 N–H and O–H groups in total. The number of halogens is 1. The van der Waals surface area contributed by atoms with Crippen molar-refractivity contribution in [2.24, 2.45) is 0 Å². The molecule has 0 aliphatic rings. The molecule has 0 saturated heterocycles. The second-order valence-corrected chi connectivity index (χ2v) is 4.24. The molecule has 0 atom stereocenters. The van der Waals surface area contributed by atoms with Gasteiger partial charge in [-0.3, -0.25) is 9.59 Å². The van der Waals surface area contributed by atoms with Crippen LogP contribution in [0.3, 0.4) is 0 Å². The van der Waals surface area contributed by atoms with E-state index in [2.05, 4.69) is 15.9 Å². The van der Waals surface area contributed by atoms with Crippen LogP contribution in [-0.4, -0.2) is 10.2 Å². The molecule has 2 aromatic rings. The van der Waals surface area contributed by atoms with Crippen LogP contribution in [0.1, 0.15) is 25.9 Å². The van der Waals surface area contributed by atoms with Crippen molar-refractivity contribution in [3.8, 4) is 11.5 Å². The Kier molecular flexibility index (Phi) is 8.15. The molecule has 2 rings (SSSR count). The van der Waals surface area contributed by atoms with Gasteiger partial charge in [0.25, 0.3) is 0 Å². The monoisotopic (exact) mass is 360 g/mol. The van der Waals surface area contributed by atoms with Gasteiger partial charge in [0.15, 0.2) is 11.5 Å². The van der Waals surface area contributed by atoms with Crippen LogP contribution in [0.25, 0.3) is 0 Å². The van der Waals surface area contributed by atoms with Gasteiger partial charge in [0.05, 0.1) is 5.33 Å². The molecule has 7 heteroatoms. The number of aromatic hydroxyl groups is 2. The minimum absolute atomic E-state index is 0. The molecule has 0 aliphatic carbocycles. The van der Waals surface area contributed by atoms with E-state index in [1.807, 2.05) is 6.92 Å². The standard InChI is InChI=1S/C7H8O3.C6H5BrO3.CH4/c1-2-5-3-6(8)7(9)4-10-5;7-2-4-1-5(8)6(9)3-10-4;/h3-4,9H,2H2,1H3;1,3,9H,2H2;1H4. The Labute approximate surface area is 129 Å². The molecule has 0 fully saturated rings. The Balaban J connectivity index is 0.000000364. The molecule has 0 aliphatic heterocycles. The summed E-state index contributed by atoms with van der Waals surface area (Å²) in [5.74, 6) is 0.396. The summed E-state index contributed by atoms with van der Waals surface area (Å²) in [4.78, 5) is 21.4. The summed E-state index contributed by atoms with van der Waals surface area (Å²) in [5, 5.41) is 17.9. The largest absolute Gasteiger partial charge is 0.502 e. The fourth-order valence-corrected chi connectivity index (χ4v) is 1.44. The van der Waals surface area contributed by atoms with Gasteiger partial charge in [0, 0.05) is 18.6 Å². The smallest absolute Gasteiger partial charge is 0.226 e. The van der Waals surface area contributed by atoms with Crippen LogP contribution in [0, 0.1) is 0 Å². The van der Waals surface area contributed by atoms with Crippen LogP contribution in [0.5, 0.6) is 11.5 Å². The molecule has 116 valence electrons. The van der Waals surface area contributed by atoms with E-state index < -0.39 is 5.43 Å². The summed E-state index contributed by atoms with van der Waals surface area (Å²) in [5.41, 5.74) is -0.802.